The Bertz CT molecular complexity index is 920. The summed E-state index contributed by atoms with van der Waals surface area (Å²) in [7, 11) is 0. The highest BCUT2D eigenvalue weighted by molar-refractivity contribution is 6.31. The highest BCUT2D eigenvalue weighted by Gasteiger charge is 2.09. The van der Waals surface area contributed by atoms with Crippen LogP contribution in [-0.2, 0) is 25.7 Å². The Balaban J connectivity index is 1.77. The van der Waals surface area contributed by atoms with Gasteiger partial charge in [0.05, 0.1) is 0 Å². The molecule has 3 aromatic rings. The fourth-order valence-electron chi connectivity index (χ4n) is 3.69. The quantitative estimate of drug-likeness (QED) is 0.424. The Morgan fingerprint density at radius 2 is 1.15 bits per heavy atom. The fraction of sp³-hybridized carbons (Fsp3) is 0.308. The summed E-state index contributed by atoms with van der Waals surface area (Å²) in [6.45, 7) is 8.86. The monoisotopic (exact) mass is 376 g/mol. The first-order chi connectivity index (χ1) is 13.0. The molecule has 0 unspecified atom stereocenters. The van der Waals surface area contributed by atoms with Crippen LogP contribution in [0.2, 0.25) is 5.02 Å². The van der Waals surface area contributed by atoms with Crippen LogP contribution in [0.25, 0.3) is 0 Å². The zero-order chi connectivity index (χ0) is 19.4. The van der Waals surface area contributed by atoms with Gasteiger partial charge in [0, 0.05) is 5.02 Å². The SMILES string of the molecule is CCc1ccc(Cc2ccc(Cc3ccc(CC)c(C)c3C)c(Cl)c2)cc1. The first kappa shape index (κ1) is 19.7. The number of rotatable bonds is 6. The number of hydrogen-bond acceptors (Lipinski definition) is 0. The molecule has 140 valence electrons. The standard InChI is InChI=1S/C26H29Cl/c1-5-20-7-9-21(10-8-20)15-22-11-12-25(26(27)16-22)17-24-14-13-23(6-2)18(3)19(24)4/h7-14,16H,5-6,15,17H2,1-4H3. The van der Waals surface area contributed by atoms with Gasteiger partial charge in [0.25, 0.3) is 0 Å². The fourth-order valence-corrected chi connectivity index (χ4v) is 3.96. The van der Waals surface area contributed by atoms with Crippen molar-refractivity contribution < 1.29 is 0 Å². The molecule has 0 aliphatic carbocycles. The molecule has 0 fully saturated rings. The van der Waals surface area contributed by atoms with Crippen molar-refractivity contribution in [3.8, 4) is 0 Å². The van der Waals surface area contributed by atoms with Crippen LogP contribution in [0.4, 0.5) is 0 Å². The molecule has 0 bridgehead atoms. The molecular weight excluding hydrogens is 348 g/mol. The maximum absolute atomic E-state index is 6.64. The van der Waals surface area contributed by atoms with Gasteiger partial charge < -0.3 is 0 Å². The summed E-state index contributed by atoms with van der Waals surface area (Å²) in [6, 6.07) is 20.0. The number of hydrogen-bond donors (Lipinski definition) is 0. The number of aryl methyl sites for hydroxylation is 2. The van der Waals surface area contributed by atoms with Crippen molar-refractivity contribution >= 4 is 11.6 Å². The third-order valence-corrected chi connectivity index (χ3v) is 6.08. The predicted octanol–water partition coefficient (Wildman–Crippen LogP) is 7.26. The van der Waals surface area contributed by atoms with Crippen molar-refractivity contribution in [3.05, 3.63) is 104 Å². The molecule has 0 spiro atoms. The molecule has 3 rings (SSSR count). The first-order valence-electron chi connectivity index (χ1n) is 9.94. The van der Waals surface area contributed by atoms with Gasteiger partial charge in [0.2, 0.25) is 0 Å². The van der Waals surface area contributed by atoms with Gasteiger partial charge in [0.1, 0.15) is 0 Å². The molecule has 0 N–H and O–H groups in total. The summed E-state index contributed by atoms with van der Waals surface area (Å²) in [5.41, 5.74) is 10.8. The zero-order valence-electron chi connectivity index (χ0n) is 16.9. The first-order valence-corrected chi connectivity index (χ1v) is 10.3. The van der Waals surface area contributed by atoms with Gasteiger partial charge in [-0.05, 0) is 90.1 Å². The topological polar surface area (TPSA) is 0 Å². The van der Waals surface area contributed by atoms with Crippen molar-refractivity contribution in [3.63, 3.8) is 0 Å². The van der Waals surface area contributed by atoms with Gasteiger partial charge in [0.15, 0.2) is 0 Å². The molecule has 0 saturated carbocycles. The van der Waals surface area contributed by atoms with Gasteiger partial charge >= 0.3 is 0 Å². The lowest BCUT2D eigenvalue weighted by Crippen LogP contribution is -1.99. The minimum absolute atomic E-state index is 0.870. The van der Waals surface area contributed by atoms with Crippen molar-refractivity contribution in [2.45, 2.75) is 53.4 Å². The van der Waals surface area contributed by atoms with Crippen LogP contribution >= 0.6 is 11.6 Å². The molecule has 0 amide bonds. The van der Waals surface area contributed by atoms with E-state index in [1.807, 2.05) is 0 Å². The lowest BCUT2D eigenvalue weighted by Gasteiger charge is -2.14. The van der Waals surface area contributed by atoms with Gasteiger partial charge in [-0.1, -0.05) is 74.0 Å². The molecular formula is C26H29Cl. The molecule has 0 aliphatic heterocycles. The van der Waals surface area contributed by atoms with Crippen molar-refractivity contribution in [1.29, 1.82) is 0 Å². The second kappa shape index (κ2) is 8.76. The lowest BCUT2D eigenvalue weighted by molar-refractivity contribution is 1.06. The Kier molecular flexibility index (Phi) is 6.39. The smallest absolute Gasteiger partial charge is 0.0444 e. The van der Waals surface area contributed by atoms with E-state index in [-0.39, 0.29) is 0 Å². The van der Waals surface area contributed by atoms with Gasteiger partial charge in [-0.3, -0.25) is 0 Å². The van der Waals surface area contributed by atoms with Crippen LogP contribution in [0, 0.1) is 13.8 Å². The van der Waals surface area contributed by atoms with Crippen molar-refractivity contribution in [1.82, 2.24) is 0 Å². The Morgan fingerprint density at radius 1 is 0.593 bits per heavy atom. The summed E-state index contributed by atoms with van der Waals surface area (Å²) >= 11 is 6.64. The molecule has 0 saturated heterocycles. The van der Waals surface area contributed by atoms with E-state index in [9.17, 15) is 0 Å². The van der Waals surface area contributed by atoms with E-state index >= 15 is 0 Å². The third-order valence-electron chi connectivity index (χ3n) is 5.73. The van der Waals surface area contributed by atoms with Crippen LogP contribution in [0.3, 0.4) is 0 Å². The summed E-state index contributed by atoms with van der Waals surface area (Å²) in [5.74, 6) is 0. The van der Waals surface area contributed by atoms with E-state index in [2.05, 4.69) is 82.3 Å². The molecule has 27 heavy (non-hydrogen) atoms. The van der Waals surface area contributed by atoms with E-state index in [0.29, 0.717) is 0 Å². The molecule has 3 aromatic carbocycles. The van der Waals surface area contributed by atoms with Crippen LogP contribution in [0.15, 0.2) is 54.6 Å². The second-order valence-electron chi connectivity index (χ2n) is 7.44. The maximum atomic E-state index is 6.64. The molecule has 0 nitrogen and oxygen atoms in total. The minimum Gasteiger partial charge on any atom is -0.0840 e. The molecule has 0 heterocycles. The Labute approximate surface area is 169 Å². The molecule has 1 heteroatoms. The predicted molar refractivity (Wildman–Crippen MR) is 118 cm³/mol. The summed E-state index contributed by atoms with van der Waals surface area (Å²) in [5, 5.41) is 0.870. The summed E-state index contributed by atoms with van der Waals surface area (Å²) in [4.78, 5) is 0. The largest absolute Gasteiger partial charge is 0.0840 e. The molecule has 0 aromatic heterocycles. The van der Waals surface area contributed by atoms with Crippen LogP contribution in [0.1, 0.15) is 58.4 Å². The normalized spacial score (nSPS) is 11.0. The van der Waals surface area contributed by atoms with E-state index in [1.54, 1.807) is 0 Å². The average molecular weight is 377 g/mol. The number of halogens is 1. The van der Waals surface area contributed by atoms with Gasteiger partial charge in [-0.25, -0.2) is 0 Å². The summed E-state index contributed by atoms with van der Waals surface area (Å²) < 4.78 is 0. The van der Waals surface area contributed by atoms with Gasteiger partial charge in [-0.2, -0.15) is 0 Å². The van der Waals surface area contributed by atoms with Gasteiger partial charge in [-0.15, -0.1) is 0 Å². The van der Waals surface area contributed by atoms with E-state index in [1.165, 1.54) is 44.5 Å². The lowest BCUT2D eigenvalue weighted by atomic mass is 9.92. The minimum atomic E-state index is 0.870. The van der Waals surface area contributed by atoms with Crippen molar-refractivity contribution in [2.75, 3.05) is 0 Å². The highest BCUT2D eigenvalue weighted by Crippen LogP contribution is 2.26. The van der Waals surface area contributed by atoms with Crippen molar-refractivity contribution in [2.24, 2.45) is 0 Å². The average Bonchev–Trinajstić information content (AvgIpc) is 2.68. The van der Waals surface area contributed by atoms with Crippen LogP contribution in [0.5, 0.6) is 0 Å². The van der Waals surface area contributed by atoms with Crippen LogP contribution < -0.4 is 0 Å². The Morgan fingerprint density at radius 3 is 1.78 bits per heavy atom. The molecule has 0 aliphatic rings. The molecule has 0 radical (unpaired) electrons. The van der Waals surface area contributed by atoms with E-state index in [4.69, 9.17) is 11.6 Å². The third kappa shape index (κ3) is 4.62. The van der Waals surface area contributed by atoms with E-state index < -0.39 is 0 Å². The molecule has 0 atom stereocenters. The summed E-state index contributed by atoms with van der Waals surface area (Å²) in [6.07, 6.45) is 3.98. The Hall–Kier alpha value is -2.05. The number of benzene rings is 3. The zero-order valence-corrected chi connectivity index (χ0v) is 17.7. The highest BCUT2D eigenvalue weighted by atomic mass is 35.5. The van der Waals surface area contributed by atoms with Crippen LogP contribution in [-0.4, -0.2) is 0 Å². The second-order valence-corrected chi connectivity index (χ2v) is 7.84. The maximum Gasteiger partial charge on any atom is 0.0444 e. The van der Waals surface area contributed by atoms with E-state index in [0.717, 1.165) is 30.7 Å².